The van der Waals surface area contributed by atoms with Crippen molar-refractivity contribution in [3.63, 3.8) is 0 Å². The Morgan fingerprint density at radius 2 is 2.04 bits per heavy atom. The fourth-order valence-corrected chi connectivity index (χ4v) is 2.84. The molecule has 6 nitrogen and oxygen atoms in total. The minimum absolute atomic E-state index is 0.581. The lowest BCUT2D eigenvalue weighted by atomic mass is 10.1. The minimum Gasteiger partial charge on any atom is -0.357 e. The van der Waals surface area contributed by atoms with Gasteiger partial charge in [0.25, 0.3) is 0 Å². The number of nitrogens with one attached hydrogen (secondary N) is 1. The van der Waals surface area contributed by atoms with E-state index in [0.29, 0.717) is 6.54 Å². The normalized spacial score (nSPS) is 11.4. The Kier molecular flexibility index (Phi) is 6.20. The fourth-order valence-electron chi connectivity index (χ4n) is 2.84. The molecule has 140 valence electrons. The van der Waals surface area contributed by atoms with Crippen LogP contribution in [0, 0.1) is 6.92 Å². The van der Waals surface area contributed by atoms with E-state index >= 15 is 0 Å². The van der Waals surface area contributed by atoms with Crippen molar-refractivity contribution >= 4 is 5.96 Å². The molecule has 1 aromatic carbocycles. The number of benzene rings is 1. The minimum atomic E-state index is 0.581. The zero-order valence-electron chi connectivity index (χ0n) is 16.1. The van der Waals surface area contributed by atoms with E-state index in [9.17, 15) is 0 Å². The molecule has 0 saturated carbocycles. The molecule has 0 aliphatic carbocycles. The van der Waals surface area contributed by atoms with E-state index in [-0.39, 0.29) is 0 Å². The highest BCUT2D eigenvalue weighted by atomic mass is 15.3. The lowest BCUT2D eigenvalue weighted by molar-refractivity contribution is 0.475. The number of aromatic nitrogens is 3. The third kappa shape index (κ3) is 4.94. The Morgan fingerprint density at radius 3 is 2.78 bits per heavy atom. The van der Waals surface area contributed by atoms with Crippen LogP contribution in [0.2, 0.25) is 0 Å². The van der Waals surface area contributed by atoms with Crippen LogP contribution < -0.4 is 5.32 Å². The number of rotatable bonds is 6. The summed E-state index contributed by atoms with van der Waals surface area (Å²) in [6.07, 6.45) is 5.43. The highest BCUT2D eigenvalue weighted by molar-refractivity contribution is 5.79. The molecule has 0 unspecified atom stereocenters. The molecule has 0 atom stereocenters. The lowest BCUT2D eigenvalue weighted by Gasteiger charge is -2.23. The van der Waals surface area contributed by atoms with Crippen LogP contribution in [0.15, 0.2) is 66.0 Å². The Labute approximate surface area is 160 Å². The van der Waals surface area contributed by atoms with Crippen LogP contribution in [0.5, 0.6) is 0 Å². The number of aliphatic imine (C=N–C) groups is 1. The number of pyridine rings is 1. The third-order valence-corrected chi connectivity index (χ3v) is 4.33. The average molecular weight is 362 g/mol. The summed E-state index contributed by atoms with van der Waals surface area (Å²) < 4.78 is 1.75. The number of aryl methyl sites for hydroxylation is 1. The maximum Gasteiger partial charge on any atom is 0.194 e. The third-order valence-electron chi connectivity index (χ3n) is 4.33. The Balaban J connectivity index is 1.74. The number of guanidine groups is 1. The molecular formula is C21H26N6. The Hall–Kier alpha value is -3.15. The van der Waals surface area contributed by atoms with Crippen molar-refractivity contribution < 1.29 is 0 Å². The fraction of sp³-hybridized carbons (Fsp3) is 0.286. The molecule has 2 aromatic heterocycles. The number of hydrogen-bond acceptors (Lipinski definition) is 3. The van der Waals surface area contributed by atoms with Gasteiger partial charge in [0.1, 0.15) is 0 Å². The summed E-state index contributed by atoms with van der Waals surface area (Å²) in [5.41, 5.74) is 3.68. The Bertz CT molecular complexity index is 885. The molecule has 0 bridgehead atoms. The van der Waals surface area contributed by atoms with Gasteiger partial charge in [0.15, 0.2) is 11.8 Å². The van der Waals surface area contributed by atoms with Crippen LogP contribution in [0.1, 0.15) is 23.6 Å². The predicted molar refractivity (Wildman–Crippen MR) is 109 cm³/mol. The molecular weight excluding hydrogens is 336 g/mol. The van der Waals surface area contributed by atoms with Crippen molar-refractivity contribution in [2.75, 3.05) is 13.6 Å². The summed E-state index contributed by atoms with van der Waals surface area (Å²) in [7, 11) is 2.07. The second-order valence-electron chi connectivity index (χ2n) is 6.43. The van der Waals surface area contributed by atoms with Gasteiger partial charge in [-0.3, -0.25) is 0 Å². The summed E-state index contributed by atoms with van der Waals surface area (Å²) in [4.78, 5) is 11.3. The molecule has 0 aliphatic rings. The van der Waals surface area contributed by atoms with Gasteiger partial charge in [0, 0.05) is 38.7 Å². The van der Waals surface area contributed by atoms with Crippen molar-refractivity contribution in [2.45, 2.75) is 26.9 Å². The SMILES string of the molecule is CCNC(=NCc1ccnc(-n2cccn2)c1)N(C)Cc1ccccc1C. The van der Waals surface area contributed by atoms with Gasteiger partial charge in [-0.25, -0.2) is 14.7 Å². The summed E-state index contributed by atoms with van der Waals surface area (Å²) >= 11 is 0. The molecule has 3 rings (SSSR count). The topological polar surface area (TPSA) is 58.3 Å². The van der Waals surface area contributed by atoms with E-state index in [1.54, 1.807) is 17.1 Å². The van der Waals surface area contributed by atoms with Crippen LogP contribution >= 0.6 is 0 Å². The van der Waals surface area contributed by atoms with Crippen molar-refractivity contribution in [3.05, 3.63) is 77.7 Å². The van der Waals surface area contributed by atoms with Crippen LogP contribution in [0.25, 0.3) is 5.82 Å². The van der Waals surface area contributed by atoms with Gasteiger partial charge in [-0.15, -0.1) is 0 Å². The van der Waals surface area contributed by atoms with Crippen molar-refractivity contribution in [2.24, 2.45) is 4.99 Å². The first-order chi connectivity index (χ1) is 13.2. The zero-order chi connectivity index (χ0) is 19.1. The van der Waals surface area contributed by atoms with Crippen LogP contribution in [-0.4, -0.2) is 39.2 Å². The van der Waals surface area contributed by atoms with Gasteiger partial charge in [-0.1, -0.05) is 24.3 Å². The van der Waals surface area contributed by atoms with Crippen molar-refractivity contribution in [1.29, 1.82) is 0 Å². The highest BCUT2D eigenvalue weighted by Crippen LogP contribution is 2.11. The van der Waals surface area contributed by atoms with Crippen molar-refractivity contribution in [3.8, 4) is 5.82 Å². The molecule has 0 aliphatic heterocycles. The van der Waals surface area contributed by atoms with E-state index < -0.39 is 0 Å². The first-order valence-corrected chi connectivity index (χ1v) is 9.16. The molecule has 0 fully saturated rings. The molecule has 3 aromatic rings. The molecule has 0 radical (unpaired) electrons. The first-order valence-electron chi connectivity index (χ1n) is 9.16. The second kappa shape index (κ2) is 8.98. The molecule has 0 saturated heterocycles. The van der Waals surface area contributed by atoms with Crippen LogP contribution in [-0.2, 0) is 13.1 Å². The maximum absolute atomic E-state index is 4.81. The zero-order valence-corrected chi connectivity index (χ0v) is 16.1. The first kappa shape index (κ1) is 18.6. The monoisotopic (exact) mass is 362 g/mol. The largest absolute Gasteiger partial charge is 0.357 e. The molecule has 27 heavy (non-hydrogen) atoms. The summed E-state index contributed by atoms with van der Waals surface area (Å²) in [5, 5.41) is 7.61. The van der Waals surface area contributed by atoms with Gasteiger partial charge in [-0.2, -0.15) is 5.10 Å². The molecule has 1 N–H and O–H groups in total. The summed E-state index contributed by atoms with van der Waals surface area (Å²) in [6.45, 7) is 6.44. The van der Waals surface area contributed by atoms with E-state index in [4.69, 9.17) is 4.99 Å². The lowest BCUT2D eigenvalue weighted by Crippen LogP contribution is -2.38. The van der Waals surface area contributed by atoms with Gasteiger partial charge in [0.2, 0.25) is 0 Å². The highest BCUT2D eigenvalue weighted by Gasteiger charge is 2.08. The maximum atomic E-state index is 4.81. The van der Waals surface area contributed by atoms with Crippen LogP contribution in [0.4, 0.5) is 0 Å². The Morgan fingerprint density at radius 1 is 1.19 bits per heavy atom. The van der Waals surface area contributed by atoms with E-state index in [0.717, 1.165) is 30.4 Å². The number of nitrogens with zero attached hydrogens (tertiary/aromatic N) is 5. The van der Waals surface area contributed by atoms with Gasteiger partial charge in [0.05, 0.1) is 6.54 Å². The van der Waals surface area contributed by atoms with E-state index in [1.165, 1.54) is 11.1 Å². The molecule has 0 spiro atoms. The molecule has 6 heteroatoms. The van der Waals surface area contributed by atoms with Gasteiger partial charge < -0.3 is 10.2 Å². The average Bonchev–Trinajstić information content (AvgIpc) is 3.22. The molecule has 2 heterocycles. The van der Waals surface area contributed by atoms with Gasteiger partial charge in [-0.05, 0) is 48.7 Å². The quantitative estimate of drug-likeness (QED) is 0.540. The molecule has 0 amide bonds. The second-order valence-corrected chi connectivity index (χ2v) is 6.43. The van der Waals surface area contributed by atoms with E-state index in [2.05, 4.69) is 65.5 Å². The summed E-state index contributed by atoms with van der Waals surface area (Å²) in [5.74, 6) is 1.68. The standard InChI is InChI=1S/C21H26N6/c1-4-22-21(26(3)16-19-9-6-5-8-17(19)2)24-15-18-10-12-23-20(14-18)27-13-7-11-25-27/h5-14H,4,15-16H2,1-3H3,(H,22,24). The van der Waals surface area contributed by atoms with Gasteiger partial charge >= 0.3 is 0 Å². The predicted octanol–water partition coefficient (Wildman–Crippen LogP) is 3.17. The van der Waals surface area contributed by atoms with Crippen molar-refractivity contribution in [1.82, 2.24) is 25.0 Å². The smallest absolute Gasteiger partial charge is 0.194 e. The van der Waals surface area contributed by atoms with E-state index in [1.807, 2.05) is 24.4 Å². The summed E-state index contributed by atoms with van der Waals surface area (Å²) in [6, 6.07) is 14.3. The van der Waals surface area contributed by atoms with Crippen LogP contribution in [0.3, 0.4) is 0 Å². The number of hydrogen-bond donors (Lipinski definition) is 1.